The zero-order valence-electron chi connectivity index (χ0n) is 16.9. The Hall–Kier alpha value is -2.63. The van der Waals surface area contributed by atoms with Crippen molar-refractivity contribution in [3.8, 4) is 5.75 Å². The molecule has 0 aliphatic rings. The normalized spacial score (nSPS) is 12.5. The molecule has 1 N–H and O–H groups in total. The molecule has 1 aromatic heterocycles. The summed E-state index contributed by atoms with van der Waals surface area (Å²) < 4.78 is 24.1. The number of hydrogen-bond donors (Lipinski definition) is 1. The second-order valence-electron chi connectivity index (χ2n) is 7.56. The van der Waals surface area contributed by atoms with Gasteiger partial charge in [0, 0.05) is 13.1 Å². The van der Waals surface area contributed by atoms with Gasteiger partial charge in [0.1, 0.15) is 30.0 Å². The van der Waals surface area contributed by atoms with Crippen LogP contribution in [-0.2, 0) is 13.1 Å². The third-order valence-electron chi connectivity index (χ3n) is 4.74. The van der Waals surface area contributed by atoms with Gasteiger partial charge in [-0.1, -0.05) is 38.1 Å². The monoisotopic (exact) mass is 397 g/mol. The molecule has 0 saturated carbocycles. The van der Waals surface area contributed by atoms with Gasteiger partial charge in [0.2, 0.25) is 0 Å². The lowest BCUT2D eigenvalue weighted by molar-refractivity contribution is 0.0604. The van der Waals surface area contributed by atoms with Gasteiger partial charge in [-0.05, 0) is 53.4 Å². The fraction of sp³-hybridized carbons (Fsp3) is 0.333. The Bertz CT molecular complexity index is 845. The average molecular weight is 397 g/mol. The van der Waals surface area contributed by atoms with E-state index in [0.29, 0.717) is 31.3 Å². The van der Waals surface area contributed by atoms with Crippen molar-refractivity contribution in [1.29, 1.82) is 0 Å². The number of nitrogens with zero attached hydrogens (tertiary/aromatic N) is 1. The van der Waals surface area contributed by atoms with E-state index >= 15 is 0 Å². The van der Waals surface area contributed by atoms with Crippen LogP contribution in [0.15, 0.2) is 71.3 Å². The molecule has 0 spiro atoms. The summed E-state index contributed by atoms with van der Waals surface area (Å²) in [4.78, 5) is 2.13. The molecule has 29 heavy (non-hydrogen) atoms. The van der Waals surface area contributed by atoms with Crippen LogP contribution < -0.4 is 4.74 Å². The fourth-order valence-corrected chi connectivity index (χ4v) is 3.15. The third-order valence-corrected chi connectivity index (χ3v) is 4.74. The van der Waals surface area contributed by atoms with Crippen LogP contribution in [0.4, 0.5) is 4.39 Å². The molecule has 3 aromatic rings. The highest BCUT2D eigenvalue weighted by Gasteiger charge is 2.15. The van der Waals surface area contributed by atoms with Crippen molar-refractivity contribution >= 4 is 0 Å². The van der Waals surface area contributed by atoms with Gasteiger partial charge in [-0.15, -0.1) is 0 Å². The highest BCUT2D eigenvalue weighted by Crippen LogP contribution is 2.17. The SMILES string of the molecule is CC(C)c1ccc(CN(Cc2ccco2)CC(O)COc2ccc(F)cc2)cc1. The van der Waals surface area contributed by atoms with Crippen LogP contribution in [0.25, 0.3) is 0 Å². The molecule has 3 rings (SSSR count). The maximum Gasteiger partial charge on any atom is 0.123 e. The van der Waals surface area contributed by atoms with E-state index in [9.17, 15) is 9.50 Å². The molecule has 1 unspecified atom stereocenters. The second-order valence-corrected chi connectivity index (χ2v) is 7.56. The molecule has 0 bridgehead atoms. The van der Waals surface area contributed by atoms with E-state index in [1.807, 2.05) is 12.1 Å². The Kier molecular flexibility index (Phi) is 7.44. The molecule has 154 valence electrons. The minimum atomic E-state index is -0.690. The van der Waals surface area contributed by atoms with Crippen LogP contribution in [0.1, 0.15) is 36.7 Å². The van der Waals surface area contributed by atoms with Crippen molar-refractivity contribution in [3.63, 3.8) is 0 Å². The zero-order valence-corrected chi connectivity index (χ0v) is 16.9. The van der Waals surface area contributed by atoms with Gasteiger partial charge in [-0.2, -0.15) is 0 Å². The Morgan fingerprint density at radius 1 is 1.00 bits per heavy atom. The standard InChI is InChI=1S/C24H28FNO3/c1-18(2)20-7-5-19(6-8-20)14-26(16-24-4-3-13-28-24)15-22(27)17-29-23-11-9-21(25)10-12-23/h3-13,18,22,27H,14-17H2,1-2H3. The number of aliphatic hydroxyl groups excluding tert-OH is 1. The lowest BCUT2D eigenvalue weighted by Gasteiger charge is -2.24. The van der Waals surface area contributed by atoms with Crippen LogP contribution >= 0.6 is 0 Å². The lowest BCUT2D eigenvalue weighted by atomic mass is 10.0. The van der Waals surface area contributed by atoms with E-state index in [1.54, 1.807) is 18.4 Å². The summed E-state index contributed by atoms with van der Waals surface area (Å²) in [5.74, 6) is 1.56. The minimum absolute atomic E-state index is 0.132. The molecule has 0 saturated heterocycles. The predicted molar refractivity (Wildman–Crippen MR) is 111 cm³/mol. The maximum atomic E-state index is 13.0. The quantitative estimate of drug-likeness (QED) is 0.524. The maximum absolute atomic E-state index is 13.0. The average Bonchev–Trinajstić information content (AvgIpc) is 3.21. The molecule has 0 amide bonds. The Balaban J connectivity index is 1.60. The van der Waals surface area contributed by atoms with E-state index in [1.165, 1.54) is 23.3 Å². The fourth-order valence-electron chi connectivity index (χ4n) is 3.15. The Labute approximate surface area is 171 Å². The van der Waals surface area contributed by atoms with Crippen LogP contribution in [0.2, 0.25) is 0 Å². The number of aliphatic hydroxyl groups is 1. The van der Waals surface area contributed by atoms with Crippen molar-refractivity contribution in [1.82, 2.24) is 4.90 Å². The highest BCUT2D eigenvalue weighted by molar-refractivity contribution is 5.25. The van der Waals surface area contributed by atoms with Crippen LogP contribution in [-0.4, -0.2) is 29.3 Å². The van der Waals surface area contributed by atoms with Crippen molar-refractivity contribution in [2.45, 2.75) is 39.0 Å². The van der Waals surface area contributed by atoms with Gasteiger partial charge >= 0.3 is 0 Å². The Morgan fingerprint density at radius 2 is 1.72 bits per heavy atom. The van der Waals surface area contributed by atoms with E-state index in [4.69, 9.17) is 9.15 Å². The van der Waals surface area contributed by atoms with Crippen LogP contribution in [0, 0.1) is 5.82 Å². The van der Waals surface area contributed by atoms with Crippen molar-refractivity contribution in [3.05, 3.63) is 89.6 Å². The largest absolute Gasteiger partial charge is 0.491 e. The summed E-state index contributed by atoms with van der Waals surface area (Å²) >= 11 is 0. The second kappa shape index (κ2) is 10.2. The summed E-state index contributed by atoms with van der Waals surface area (Å²) in [6.45, 7) is 6.19. The number of rotatable bonds is 10. The van der Waals surface area contributed by atoms with Crippen molar-refractivity contribution < 1.29 is 18.7 Å². The zero-order chi connectivity index (χ0) is 20.6. The van der Waals surface area contributed by atoms with Gasteiger partial charge in [0.05, 0.1) is 12.8 Å². The molecule has 0 aliphatic heterocycles. The summed E-state index contributed by atoms with van der Waals surface area (Å²) in [7, 11) is 0. The number of ether oxygens (including phenoxy) is 1. The van der Waals surface area contributed by atoms with Crippen LogP contribution in [0.5, 0.6) is 5.75 Å². The van der Waals surface area contributed by atoms with Gasteiger partial charge in [-0.25, -0.2) is 4.39 Å². The van der Waals surface area contributed by atoms with Crippen LogP contribution in [0.3, 0.4) is 0 Å². The first-order valence-corrected chi connectivity index (χ1v) is 9.89. The van der Waals surface area contributed by atoms with Gasteiger partial charge < -0.3 is 14.3 Å². The molecular weight excluding hydrogens is 369 g/mol. The molecule has 5 heteroatoms. The van der Waals surface area contributed by atoms with E-state index in [2.05, 4.69) is 43.0 Å². The predicted octanol–water partition coefficient (Wildman–Crippen LogP) is 4.98. The first-order valence-electron chi connectivity index (χ1n) is 9.89. The number of furan rings is 1. The molecule has 2 aromatic carbocycles. The topological polar surface area (TPSA) is 45.8 Å². The highest BCUT2D eigenvalue weighted by atomic mass is 19.1. The molecule has 0 aliphatic carbocycles. The molecular formula is C24H28FNO3. The minimum Gasteiger partial charge on any atom is -0.491 e. The third kappa shape index (κ3) is 6.73. The number of halogens is 1. The van der Waals surface area contributed by atoms with Gasteiger partial charge in [0.15, 0.2) is 0 Å². The van der Waals surface area contributed by atoms with E-state index < -0.39 is 6.10 Å². The van der Waals surface area contributed by atoms with Gasteiger partial charge in [-0.3, -0.25) is 4.90 Å². The summed E-state index contributed by atoms with van der Waals surface area (Å²) in [6, 6.07) is 18.1. The first kappa shape index (κ1) is 21.1. The first-order chi connectivity index (χ1) is 14.0. The molecule has 1 atom stereocenters. The lowest BCUT2D eigenvalue weighted by Crippen LogP contribution is -2.35. The molecule has 1 heterocycles. The molecule has 0 fully saturated rings. The van der Waals surface area contributed by atoms with Crippen molar-refractivity contribution in [2.75, 3.05) is 13.2 Å². The van der Waals surface area contributed by atoms with E-state index in [-0.39, 0.29) is 12.4 Å². The van der Waals surface area contributed by atoms with Crippen molar-refractivity contribution in [2.24, 2.45) is 0 Å². The number of benzene rings is 2. The number of hydrogen-bond acceptors (Lipinski definition) is 4. The summed E-state index contributed by atoms with van der Waals surface area (Å²) in [5, 5.41) is 10.5. The van der Waals surface area contributed by atoms with E-state index in [0.717, 1.165) is 5.76 Å². The molecule has 0 radical (unpaired) electrons. The van der Waals surface area contributed by atoms with Gasteiger partial charge in [0.25, 0.3) is 0 Å². The Morgan fingerprint density at radius 3 is 2.34 bits per heavy atom. The summed E-state index contributed by atoms with van der Waals surface area (Å²) in [5.41, 5.74) is 2.48. The molecule has 4 nitrogen and oxygen atoms in total. The smallest absolute Gasteiger partial charge is 0.123 e. The summed E-state index contributed by atoms with van der Waals surface area (Å²) in [6.07, 6.45) is 0.962.